The van der Waals surface area contributed by atoms with Crippen LogP contribution in [0.15, 0.2) is 48.5 Å². The molecule has 0 unspecified atom stereocenters. The maximum absolute atomic E-state index is 6.00. The van der Waals surface area contributed by atoms with Crippen molar-refractivity contribution in [2.75, 3.05) is 19.5 Å². The quantitative estimate of drug-likeness (QED) is 0.759. The molecule has 7 nitrogen and oxygen atoms in total. The van der Waals surface area contributed by atoms with Gasteiger partial charge in [-0.1, -0.05) is 28.8 Å². The second-order valence-electron chi connectivity index (χ2n) is 5.71. The number of allylic oxidation sites excluding steroid dienone is 1. The zero-order valence-corrected chi connectivity index (χ0v) is 14.9. The van der Waals surface area contributed by atoms with Crippen LogP contribution in [-0.2, 0) is 0 Å². The Kier molecular flexibility index (Phi) is 4.22. The van der Waals surface area contributed by atoms with Crippen LogP contribution in [0.5, 0.6) is 11.5 Å². The fourth-order valence-electron chi connectivity index (χ4n) is 2.94. The Morgan fingerprint density at radius 3 is 2.62 bits per heavy atom. The van der Waals surface area contributed by atoms with Gasteiger partial charge in [0, 0.05) is 16.3 Å². The summed E-state index contributed by atoms with van der Waals surface area (Å²) in [6.45, 7) is 0. The van der Waals surface area contributed by atoms with Crippen LogP contribution in [-0.4, -0.2) is 34.4 Å². The number of hydrogen-bond acceptors (Lipinski definition) is 6. The van der Waals surface area contributed by atoms with Crippen LogP contribution < -0.4 is 14.8 Å². The molecule has 0 aliphatic carbocycles. The monoisotopic (exact) mass is 369 g/mol. The average Bonchev–Trinajstić information content (AvgIpc) is 3.16. The lowest BCUT2D eigenvalue weighted by molar-refractivity contribution is 0.393. The first kappa shape index (κ1) is 16.4. The van der Waals surface area contributed by atoms with Crippen molar-refractivity contribution in [3.05, 3.63) is 64.7 Å². The van der Waals surface area contributed by atoms with Gasteiger partial charge in [-0.15, -0.1) is 0 Å². The Bertz CT molecular complexity index is 968. The van der Waals surface area contributed by atoms with Gasteiger partial charge in [0.1, 0.15) is 17.5 Å². The minimum atomic E-state index is -0.253. The summed E-state index contributed by atoms with van der Waals surface area (Å²) in [5.74, 6) is 2.01. The highest BCUT2D eigenvalue weighted by Gasteiger charge is 2.27. The van der Waals surface area contributed by atoms with Gasteiger partial charge in [-0.3, -0.25) is 0 Å². The summed E-state index contributed by atoms with van der Waals surface area (Å²) in [6.07, 6.45) is 2.05. The number of anilines is 1. The number of methoxy groups -OCH3 is 2. The highest BCUT2D eigenvalue weighted by Crippen LogP contribution is 2.37. The summed E-state index contributed by atoms with van der Waals surface area (Å²) in [5.41, 5.74) is 2.77. The molecule has 1 N–H and O–H groups in total. The van der Waals surface area contributed by atoms with E-state index in [0.717, 1.165) is 28.3 Å². The van der Waals surface area contributed by atoms with Crippen molar-refractivity contribution in [2.45, 2.75) is 6.04 Å². The molecule has 0 fully saturated rings. The number of ether oxygens (including phenoxy) is 2. The van der Waals surface area contributed by atoms with Gasteiger partial charge in [0.05, 0.1) is 14.2 Å². The molecule has 3 aromatic rings. The molecule has 0 amide bonds. The molecule has 0 bridgehead atoms. The van der Waals surface area contributed by atoms with E-state index in [9.17, 15) is 0 Å². The topological polar surface area (TPSA) is 74.1 Å². The summed E-state index contributed by atoms with van der Waals surface area (Å²) in [6, 6.07) is 13.0. The van der Waals surface area contributed by atoms with E-state index in [4.69, 9.17) is 21.1 Å². The molecule has 4 rings (SSSR count). The molecule has 8 heteroatoms. The molecule has 26 heavy (non-hydrogen) atoms. The van der Waals surface area contributed by atoms with Crippen LogP contribution in [0.1, 0.15) is 17.2 Å². The smallest absolute Gasteiger partial charge is 0.248 e. The van der Waals surface area contributed by atoms with E-state index in [2.05, 4.69) is 20.8 Å². The van der Waals surface area contributed by atoms with Crippen LogP contribution in [0.2, 0.25) is 5.02 Å². The van der Waals surface area contributed by atoms with E-state index in [1.807, 2.05) is 48.5 Å². The van der Waals surface area contributed by atoms with Crippen LogP contribution in [0.25, 0.3) is 5.70 Å². The molecule has 0 saturated heterocycles. The zero-order valence-electron chi connectivity index (χ0n) is 14.2. The minimum absolute atomic E-state index is 0.253. The Labute approximate surface area is 155 Å². The van der Waals surface area contributed by atoms with Gasteiger partial charge in [-0.25, -0.2) is 0 Å². The highest BCUT2D eigenvalue weighted by atomic mass is 35.5. The van der Waals surface area contributed by atoms with Crippen molar-refractivity contribution in [2.24, 2.45) is 0 Å². The van der Waals surface area contributed by atoms with Crippen LogP contribution >= 0.6 is 11.6 Å². The molecule has 0 saturated carbocycles. The van der Waals surface area contributed by atoms with Gasteiger partial charge in [-0.05, 0) is 52.4 Å². The molecule has 132 valence electrons. The Hall–Kier alpha value is -3.06. The van der Waals surface area contributed by atoms with E-state index in [1.165, 1.54) is 0 Å². The van der Waals surface area contributed by atoms with Crippen molar-refractivity contribution in [3.63, 3.8) is 0 Å². The SMILES string of the molecule is COc1ccc(OC)c([C@H]2C=C(c3ccc(Cl)cc3)Nc3nnnn32)c1. The van der Waals surface area contributed by atoms with Crippen molar-refractivity contribution in [1.29, 1.82) is 0 Å². The van der Waals surface area contributed by atoms with E-state index >= 15 is 0 Å². The summed E-state index contributed by atoms with van der Waals surface area (Å²) in [7, 11) is 3.27. The molecule has 0 spiro atoms. The van der Waals surface area contributed by atoms with Gasteiger partial charge in [0.25, 0.3) is 0 Å². The number of benzene rings is 2. The molecule has 1 aromatic heterocycles. The van der Waals surface area contributed by atoms with Gasteiger partial charge in [-0.2, -0.15) is 4.68 Å². The number of fused-ring (bicyclic) bond motifs is 1. The number of aromatic nitrogens is 4. The van der Waals surface area contributed by atoms with Gasteiger partial charge >= 0.3 is 0 Å². The third kappa shape index (κ3) is 2.86. The molecule has 2 aromatic carbocycles. The summed E-state index contributed by atoms with van der Waals surface area (Å²) in [4.78, 5) is 0. The predicted molar refractivity (Wildman–Crippen MR) is 98.6 cm³/mol. The van der Waals surface area contributed by atoms with E-state index in [0.29, 0.717) is 11.0 Å². The first-order chi connectivity index (χ1) is 12.7. The molecule has 1 aliphatic rings. The summed E-state index contributed by atoms with van der Waals surface area (Å²) in [5, 5.41) is 15.9. The second kappa shape index (κ2) is 6.68. The average molecular weight is 370 g/mol. The minimum Gasteiger partial charge on any atom is -0.497 e. The maximum atomic E-state index is 6.00. The van der Waals surface area contributed by atoms with Gasteiger partial charge in [0.2, 0.25) is 5.95 Å². The van der Waals surface area contributed by atoms with Crippen molar-refractivity contribution in [1.82, 2.24) is 20.2 Å². The number of nitrogens with zero attached hydrogens (tertiary/aromatic N) is 4. The van der Waals surface area contributed by atoms with Crippen molar-refractivity contribution in [3.8, 4) is 11.5 Å². The molecule has 2 heterocycles. The Balaban J connectivity index is 1.85. The number of hydrogen-bond donors (Lipinski definition) is 1. The number of nitrogens with one attached hydrogen (secondary N) is 1. The normalized spacial score (nSPS) is 15.7. The number of tetrazole rings is 1. The highest BCUT2D eigenvalue weighted by molar-refractivity contribution is 6.30. The van der Waals surface area contributed by atoms with E-state index in [-0.39, 0.29) is 6.04 Å². The standard InChI is InChI=1S/C18H16ClN5O2/c1-25-13-7-8-17(26-2)14(9-13)16-10-15(11-3-5-12(19)6-4-11)20-18-21-22-23-24(16)18/h3-10,16H,1-2H3,(H,20,21,23)/t16-/m1/s1. The maximum Gasteiger partial charge on any atom is 0.248 e. The third-order valence-electron chi connectivity index (χ3n) is 4.24. The van der Waals surface area contributed by atoms with Gasteiger partial charge in [0.15, 0.2) is 0 Å². The van der Waals surface area contributed by atoms with Crippen LogP contribution in [0.3, 0.4) is 0 Å². The van der Waals surface area contributed by atoms with E-state index in [1.54, 1.807) is 18.9 Å². The lowest BCUT2D eigenvalue weighted by Gasteiger charge is -2.25. The fraction of sp³-hybridized carbons (Fsp3) is 0.167. The molecule has 0 radical (unpaired) electrons. The lowest BCUT2D eigenvalue weighted by Crippen LogP contribution is -2.20. The molecular weight excluding hydrogens is 354 g/mol. The second-order valence-corrected chi connectivity index (χ2v) is 6.15. The largest absolute Gasteiger partial charge is 0.497 e. The summed E-state index contributed by atoms with van der Waals surface area (Å²) < 4.78 is 12.6. The third-order valence-corrected chi connectivity index (χ3v) is 4.49. The van der Waals surface area contributed by atoms with Crippen LogP contribution in [0.4, 0.5) is 5.95 Å². The molecule has 1 aliphatic heterocycles. The van der Waals surface area contributed by atoms with E-state index < -0.39 is 0 Å². The fourth-order valence-corrected chi connectivity index (χ4v) is 3.07. The zero-order chi connectivity index (χ0) is 18.1. The Morgan fingerprint density at radius 1 is 1.08 bits per heavy atom. The lowest BCUT2D eigenvalue weighted by atomic mass is 10.0. The van der Waals surface area contributed by atoms with Crippen LogP contribution in [0, 0.1) is 0 Å². The first-order valence-electron chi connectivity index (χ1n) is 7.94. The first-order valence-corrected chi connectivity index (χ1v) is 8.32. The van der Waals surface area contributed by atoms with Crippen molar-refractivity contribution < 1.29 is 9.47 Å². The summed E-state index contributed by atoms with van der Waals surface area (Å²) >= 11 is 6.00. The molecular formula is C18H16ClN5O2. The Morgan fingerprint density at radius 2 is 1.88 bits per heavy atom. The molecule has 1 atom stereocenters. The number of halogens is 1. The predicted octanol–water partition coefficient (Wildman–Crippen LogP) is 3.40. The van der Waals surface area contributed by atoms with Crippen molar-refractivity contribution >= 4 is 23.2 Å². The van der Waals surface area contributed by atoms with Gasteiger partial charge < -0.3 is 14.8 Å². The number of rotatable bonds is 4.